The number of benzene rings is 1. The van der Waals surface area contributed by atoms with Gasteiger partial charge in [-0.05, 0) is 67.0 Å². The maximum Gasteiger partial charge on any atom is 0.573 e. The molecule has 0 radical (unpaired) electrons. The topological polar surface area (TPSA) is 84.7 Å². The van der Waals surface area contributed by atoms with Crippen LogP contribution in [0.2, 0.25) is 0 Å². The van der Waals surface area contributed by atoms with Gasteiger partial charge in [0, 0.05) is 36.8 Å². The van der Waals surface area contributed by atoms with Crippen LogP contribution in [0, 0.1) is 11.3 Å². The predicted octanol–water partition coefficient (Wildman–Crippen LogP) is 4.40. The largest absolute Gasteiger partial charge is 0.573 e. The molecule has 10 heteroatoms. The third kappa shape index (κ3) is 4.57. The number of piperidine rings is 1. The minimum absolute atomic E-state index is 0.117. The first kappa shape index (κ1) is 22.2. The lowest BCUT2D eigenvalue weighted by Gasteiger charge is -2.33. The summed E-state index contributed by atoms with van der Waals surface area (Å²) >= 11 is 0. The van der Waals surface area contributed by atoms with Crippen molar-refractivity contribution in [2.75, 3.05) is 19.6 Å². The van der Waals surface area contributed by atoms with Crippen molar-refractivity contribution in [3.05, 3.63) is 60.1 Å². The molecule has 1 aliphatic heterocycles. The summed E-state index contributed by atoms with van der Waals surface area (Å²) in [5.74, 6) is -0.228. The van der Waals surface area contributed by atoms with Crippen molar-refractivity contribution in [1.82, 2.24) is 15.2 Å². The molecular weight excluding hydrogens is 451 g/mol. The highest BCUT2D eigenvalue weighted by Gasteiger charge is 2.54. The van der Waals surface area contributed by atoms with Crippen LogP contribution in [0.25, 0.3) is 11.0 Å². The van der Waals surface area contributed by atoms with Crippen LogP contribution < -0.4 is 10.1 Å². The average molecular weight is 473 g/mol. The normalized spacial score (nSPS) is 19.3. The molecule has 3 heterocycles. The van der Waals surface area contributed by atoms with Gasteiger partial charge < -0.3 is 19.4 Å². The van der Waals surface area contributed by atoms with Crippen LogP contribution in [0.3, 0.4) is 0 Å². The summed E-state index contributed by atoms with van der Waals surface area (Å²) in [5.41, 5.74) is 1.01. The van der Waals surface area contributed by atoms with E-state index in [1.54, 1.807) is 29.4 Å². The molecule has 1 saturated carbocycles. The Morgan fingerprint density at radius 3 is 2.59 bits per heavy atom. The quantitative estimate of drug-likeness (QED) is 0.594. The molecule has 1 atom stereocenters. The molecule has 0 bridgehead atoms. The second-order valence-corrected chi connectivity index (χ2v) is 8.86. The molecular formula is C24H22F3N3O4. The average Bonchev–Trinajstić information content (AvgIpc) is 3.28. The molecule has 2 aromatic heterocycles. The first-order chi connectivity index (χ1) is 16.2. The smallest absolute Gasteiger partial charge is 0.449 e. The van der Waals surface area contributed by atoms with Crippen molar-refractivity contribution in [1.29, 1.82) is 0 Å². The summed E-state index contributed by atoms with van der Waals surface area (Å²) in [6.45, 7) is 1.68. The molecule has 3 aromatic rings. The molecule has 1 saturated heterocycles. The molecule has 2 amide bonds. The van der Waals surface area contributed by atoms with Crippen molar-refractivity contribution >= 4 is 22.8 Å². The number of nitrogens with one attached hydrogen (secondary N) is 1. The predicted molar refractivity (Wildman–Crippen MR) is 115 cm³/mol. The maximum atomic E-state index is 12.7. The number of amides is 2. The van der Waals surface area contributed by atoms with E-state index in [2.05, 4.69) is 15.0 Å². The van der Waals surface area contributed by atoms with Crippen molar-refractivity contribution in [2.45, 2.75) is 25.6 Å². The number of likely N-dealkylation sites (tertiary alicyclic amines) is 1. The Balaban J connectivity index is 1.11. The minimum atomic E-state index is -4.77. The zero-order chi connectivity index (χ0) is 23.9. The van der Waals surface area contributed by atoms with Crippen molar-refractivity contribution < 1.29 is 31.9 Å². The Hall–Kier alpha value is -3.56. The zero-order valence-corrected chi connectivity index (χ0v) is 18.1. The molecule has 7 nitrogen and oxygen atoms in total. The molecule has 2 fully saturated rings. The number of ether oxygens (including phenoxy) is 1. The molecule has 1 spiro atoms. The third-order valence-corrected chi connectivity index (χ3v) is 6.80. The van der Waals surface area contributed by atoms with Crippen LogP contribution in [0.15, 0.2) is 53.2 Å². The summed E-state index contributed by atoms with van der Waals surface area (Å²) in [6, 6.07) is 8.45. The van der Waals surface area contributed by atoms with E-state index in [1.165, 1.54) is 12.1 Å². The number of aromatic nitrogens is 1. The number of furan rings is 1. The van der Waals surface area contributed by atoms with Crippen molar-refractivity contribution in [2.24, 2.45) is 11.3 Å². The fraction of sp³-hybridized carbons (Fsp3) is 0.375. The number of halogens is 3. The first-order valence-electron chi connectivity index (χ1n) is 11.0. The third-order valence-electron chi connectivity index (χ3n) is 6.80. The summed E-state index contributed by atoms with van der Waals surface area (Å²) in [6.07, 6.45) is 1.08. The van der Waals surface area contributed by atoms with Crippen LogP contribution in [-0.4, -0.2) is 47.7 Å². The van der Waals surface area contributed by atoms with E-state index in [1.807, 2.05) is 0 Å². The number of fused-ring (bicyclic) bond motifs is 1. The van der Waals surface area contributed by atoms with E-state index in [0.717, 1.165) is 36.8 Å². The van der Waals surface area contributed by atoms with Gasteiger partial charge in [-0.25, -0.2) is 0 Å². The van der Waals surface area contributed by atoms with Crippen molar-refractivity contribution in [3.63, 3.8) is 0 Å². The van der Waals surface area contributed by atoms with Gasteiger partial charge in [0.2, 0.25) is 0 Å². The van der Waals surface area contributed by atoms with Gasteiger partial charge in [0.15, 0.2) is 11.3 Å². The fourth-order valence-corrected chi connectivity index (χ4v) is 4.77. The van der Waals surface area contributed by atoms with Crippen molar-refractivity contribution in [3.8, 4) is 5.75 Å². The number of carbonyl (C=O) groups excluding carboxylic acids is 2. The lowest BCUT2D eigenvalue weighted by molar-refractivity contribution is -0.274. The molecule has 5 rings (SSSR count). The second kappa shape index (κ2) is 8.34. The van der Waals surface area contributed by atoms with E-state index in [9.17, 15) is 22.8 Å². The highest BCUT2D eigenvalue weighted by atomic mass is 19.4. The molecule has 1 N–H and O–H groups in total. The van der Waals surface area contributed by atoms with Gasteiger partial charge in [0.1, 0.15) is 5.75 Å². The lowest BCUT2D eigenvalue weighted by Crippen LogP contribution is -2.40. The first-order valence-corrected chi connectivity index (χ1v) is 11.0. The van der Waals surface area contributed by atoms with Gasteiger partial charge in [-0.15, -0.1) is 13.2 Å². The Morgan fingerprint density at radius 1 is 1.18 bits per heavy atom. The van der Waals surface area contributed by atoms with E-state index in [0.29, 0.717) is 36.7 Å². The van der Waals surface area contributed by atoms with Gasteiger partial charge in [-0.1, -0.05) is 0 Å². The molecule has 178 valence electrons. The number of nitrogens with zero attached hydrogens (tertiary/aromatic N) is 2. The molecule has 2 aliphatic rings. The summed E-state index contributed by atoms with van der Waals surface area (Å²) in [7, 11) is 0. The van der Waals surface area contributed by atoms with Crippen LogP contribution in [0.5, 0.6) is 5.75 Å². The highest BCUT2D eigenvalue weighted by Crippen LogP contribution is 2.59. The van der Waals surface area contributed by atoms with Gasteiger partial charge in [0.25, 0.3) is 11.8 Å². The Labute approximate surface area is 192 Å². The van der Waals surface area contributed by atoms with E-state index >= 15 is 0 Å². The number of pyridine rings is 1. The summed E-state index contributed by atoms with van der Waals surface area (Å²) < 4.78 is 46.3. The van der Waals surface area contributed by atoms with E-state index in [-0.39, 0.29) is 28.7 Å². The number of hydrogen-bond donors (Lipinski definition) is 1. The molecule has 34 heavy (non-hydrogen) atoms. The van der Waals surface area contributed by atoms with E-state index < -0.39 is 6.36 Å². The van der Waals surface area contributed by atoms with Gasteiger partial charge in [0.05, 0.1) is 6.20 Å². The van der Waals surface area contributed by atoms with Crippen LogP contribution >= 0.6 is 0 Å². The van der Waals surface area contributed by atoms with E-state index in [4.69, 9.17) is 4.42 Å². The molecule has 1 aromatic carbocycles. The van der Waals surface area contributed by atoms with Crippen LogP contribution in [0.4, 0.5) is 13.2 Å². The number of rotatable bonds is 5. The fourth-order valence-electron chi connectivity index (χ4n) is 4.77. The standard InChI is InChI=1S/C24H22F3N3O4/c25-24(26,27)34-18-3-1-15(2-4-18)22(32)30-9-6-23(7-10-30)12-17(23)13-29-21(31)19-11-16-5-8-28-14-20(16)33-19/h1-5,8,11,14,17H,6-7,9-10,12-13H2,(H,29,31). The molecule has 1 unspecified atom stereocenters. The summed E-state index contributed by atoms with van der Waals surface area (Å²) in [4.78, 5) is 30.9. The number of hydrogen-bond acceptors (Lipinski definition) is 5. The van der Waals surface area contributed by atoms with Gasteiger partial charge in [-0.2, -0.15) is 0 Å². The van der Waals surface area contributed by atoms with Crippen LogP contribution in [-0.2, 0) is 0 Å². The minimum Gasteiger partial charge on any atom is -0.449 e. The molecule has 1 aliphatic carbocycles. The Morgan fingerprint density at radius 2 is 1.91 bits per heavy atom. The maximum absolute atomic E-state index is 12.7. The van der Waals surface area contributed by atoms with Crippen LogP contribution in [0.1, 0.15) is 40.2 Å². The monoisotopic (exact) mass is 473 g/mol. The van der Waals surface area contributed by atoms with Gasteiger partial charge in [-0.3, -0.25) is 14.6 Å². The Kier molecular flexibility index (Phi) is 5.45. The Bertz CT molecular complexity index is 1180. The second-order valence-electron chi connectivity index (χ2n) is 8.86. The number of alkyl halides is 3. The summed E-state index contributed by atoms with van der Waals surface area (Å²) in [5, 5.41) is 3.77. The lowest BCUT2D eigenvalue weighted by atomic mass is 9.90. The number of carbonyl (C=O) groups is 2. The zero-order valence-electron chi connectivity index (χ0n) is 18.1. The van der Waals surface area contributed by atoms with Gasteiger partial charge >= 0.3 is 6.36 Å². The SMILES string of the molecule is O=C(NCC1CC12CCN(C(=O)c1ccc(OC(F)(F)F)cc1)CC2)c1cc2ccncc2o1. The highest BCUT2D eigenvalue weighted by molar-refractivity contribution is 5.96.